The Morgan fingerprint density at radius 3 is 3.05 bits per heavy atom. The minimum Gasteiger partial charge on any atom is -0.476 e. The Hall–Kier alpha value is -2.13. The summed E-state index contributed by atoms with van der Waals surface area (Å²) in [6, 6.07) is 10.7. The first-order valence-electron chi connectivity index (χ1n) is 7.03. The van der Waals surface area contributed by atoms with E-state index >= 15 is 0 Å². The van der Waals surface area contributed by atoms with Gasteiger partial charge in [0, 0.05) is 24.2 Å². The normalized spacial score (nSPS) is 16.2. The predicted octanol–water partition coefficient (Wildman–Crippen LogP) is 2.80. The summed E-state index contributed by atoms with van der Waals surface area (Å²) in [5, 5.41) is 3.32. The number of nitrogens with one attached hydrogen (secondary N) is 1. The highest BCUT2D eigenvalue weighted by molar-refractivity contribution is 5.69. The van der Waals surface area contributed by atoms with Crippen LogP contribution in [0.4, 0.5) is 0 Å². The number of fused-ring (bicyclic) bond motifs is 2. The highest BCUT2D eigenvalue weighted by Crippen LogP contribution is 2.28. The molecule has 0 bridgehead atoms. The molecule has 0 amide bonds. The van der Waals surface area contributed by atoms with Gasteiger partial charge in [-0.2, -0.15) is 0 Å². The first kappa shape index (κ1) is 11.7. The number of hydrogen-bond donors (Lipinski definition) is 1. The van der Waals surface area contributed by atoms with E-state index in [2.05, 4.69) is 52.8 Å². The summed E-state index contributed by atoms with van der Waals surface area (Å²) in [6.45, 7) is 2.38. The van der Waals surface area contributed by atoms with Crippen molar-refractivity contribution in [1.29, 1.82) is 0 Å². The summed E-state index contributed by atoms with van der Waals surface area (Å²) in [5.41, 5.74) is 5.96. The number of hydrogen-bond acceptors (Lipinski definition) is 3. The van der Waals surface area contributed by atoms with Gasteiger partial charge in [-0.25, -0.2) is 4.98 Å². The van der Waals surface area contributed by atoms with Crippen LogP contribution >= 0.6 is 0 Å². The van der Waals surface area contributed by atoms with Gasteiger partial charge in [0.25, 0.3) is 0 Å². The molecule has 2 aliphatic rings. The van der Waals surface area contributed by atoms with E-state index in [4.69, 9.17) is 4.74 Å². The van der Waals surface area contributed by atoms with E-state index in [1.165, 1.54) is 11.1 Å². The van der Waals surface area contributed by atoms with Gasteiger partial charge in [0.05, 0.1) is 5.69 Å². The number of nitrogens with zero attached hydrogens (tertiary/aromatic N) is 1. The Kier molecular flexibility index (Phi) is 2.78. The van der Waals surface area contributed by atoms with Gasteiger partial charge in [-0.05, 0) is 29.7 Å². The Balaban J connectivity index is 1.75. The van der Waals surface area contributed by atoms with Crippen molar-refractivity contribution in [3.63, 3.8) is 0 Å². The lowest BCUT2D eigenvalue weighted by molar-refractivity contribution is 0.314. The van der Waals surface area contributed by atoms with Gasteiger partial charge >= 0.3 is 0 Å². The molecule has 3 nitrogen and oxygen atoms in total. The van der Waals surface area contributed by atoms with Crippen LogP contribution in [0.25, 0.3) is 17.3 Å². The molecule has 1 aromatic heterocycles. The van der Waals surface area contributed by atoms with Crippen LogP contribution < -0.4 is 10.1 Å². The van der Waals surface area contributed by atoms with Crippen molar-refractivity contribution in [2.24, 2.45) is 0 Å². The molecule has 0 fully saturated rings. The quantitative estimate of drug-likeness (QED) is 0.860. The third-order valence-corrected chi connectivity index (χ3v) is 3.85. The molecule has 1 aliphatic carbocycles. The third-order valence-electron chi connectivity index (χ3n) is 3.85. The molecule has 1 aliphatic heterocycles. The van der Waals surface area contributed by atoms with Gasteiger partial charge in [-0.1, -0.05) is 30.4 Å². The van der Waals surface area contributed by atoms with E-state index in [1.807, 2.05) is 0 Å². The minimum absolute atomic E-state index is 0.677. The van der Waals surface area contributed by atoms with Crippen molar-refractivity contribution in [2.45, 2.75) is 13.0 Å². The monoisotopic (exact) mass is 264 g/mol. The highest BCUT2D eigenvalue weighted by atomic mass is 16.5. The lowest BCUT2D eigenvalue weighted by atomic mass is 10.0. The first-order chi connectivity index (χ1) is 9.90. The van der Waals surface area contributed by atoms with E-state index < -0.39 is 0 Å². The van der Waals surface area contributed by atoms with Crippen LogP contribution in [0.2, 0.25) is 0 Å². The maximum absolute atomic E-state index is 5.72. The third kappa shape index (κ3) is 2.00. The van der Waals surface area contributed by atoms with Crippen LogP contribution in [0.5, 0.6) is 5.88 Å². The number of allylic oxidation sites excluding steroid dienone is 1. The van der Waals surface area contributed by atoms with E-state index in [-0.39, 0.29) is 0 Å². The summed E-state index contributed by atoms with van der Waals surface area (Å²) in [6.07, 6.45) is 5.43. The second-order valence-corrected chi connectivity index (χ2v) is 5.21. The van der Waals surface area contributed by atoms with Crippen LogP contribution in [0.1, 0.15) is 16.7 Å². The van der Waals surface area contributed by atoms with Crippen molar-refractivity contribution < 1.29 is 4.74 Å². The molecule has 2 heterocycles. The lowest BCUT2D eigenvalue weighted by Gasteiger charge is -2.09. The van der Waals surface area contributed by atoms with E-state index in [0.717, 1.165) is 42.2 Å². The molecule has 20 heavy (non-hydrogen) atoms. The van der Waals surface area contributed by atoms with Crippen LogP contribution in [-0.2, 0) is 13.0 Å². The van der Waals surface area contributed by atoms with Gasteiger partial charge in [0.2, 0.25) is 5.88 Å². The zero-order valence-corrected chi connectivity index (χ0v) is 11.2. The summed E-state index contributed by atoms with van der Waals surface area (Å²) in [4.78, 5) is 4.68. The van der Waals surface area contributed by atoms with Crippen molar-refractivity contribution in [3.8, 4) is 17.1 Å². The molecule has 0 spiro atoms. The molecule has 0 unspecified atom stereocenters. The Morgan fingerprint density at radius 2 is 2.05 bits per heavy atom. The SMILES string of the molecule is C1=Cc2cc(-c3ccc4c(n3)OCCNC4)ccc2C1. The van der Waals surface area contributed by atoms with Gasteiger partial charge in [-0.3, -0.25) is 0 Å². The molecule has 2 aromatic rings. The molecule has 1 aromatic carbocycles. The molecule has 0 radical (unpaired) electrons. The number of pyridine rings is 1. The largest absolute Gasteiger partial charge is 0.476 e. The molecule has 4 rings (SSSR count). The molecule has 3 heteroatoms. The number of rotatable bonds is 1. The van der Waals surface area contributed by atoms with E-state index in [0.29, 0.717) is 6.61 Å². The number of ether oxygens (including phenoxy) is 1. The van der Waals surface area contributed by atoms with Gasteiger partial charge < -0.3 is 10.1 Å². The van der Waals surface area contributed by atoms with Crippen LogP contribution in [-0.4, -0.2) is 18.1 Å². The van der Waals surface area contributed by atoms with Gasteiger partial charge in [0.1, 0.15) is 6.61 Å². The molecular formula is C17H16N2O. The summed E-state index contributed by atoms with van der Waals surface area (Å²) < 4.78 is 5.72. The average molecular weight is 264 g/mol. The topological polar surface area (TPSA) is 34.1 Å². The summed E-state index contributed by atoms with van der Waals surface area (Å²) >= 11 is 0. The zero-order valence-electron chi connectivity index (χ0n) is 11.2. The second-order valence-electron chi connectivity index (χ2n) is 5.21. The lowest BCUT2D eigenvalue weighted by Crippen LogP contribution is -2.16. The Bertz CT molecular complexity index is 691. The van der Waals surface area contributed by atoms with Crippen LogP contribution in [0, 0.1) is 0 Å². The Morgan fingerprint density at radius 1 is 1.10 bits per heavy atom. The fourth-order valence-corrected chi connectivity index (χ4v) is 2.74. The molecule has 0 saturated heterocycles. The van der Waals surface area contributed by atoms with E-state index in [9.17, 15) is 0 Å². The molecule has 1 N–H and O–H groups in total. The fourth-order valence-electron chi connectivity index (χ4n) is 2.74. The van der Waals surface area contributed by atoms with Crippen LogP contribution in [0.15, 0.2) is 36.4 Å². The Labute approximate surface area is 118 Å². The molecule has 0 saturated carbocycles. The highest BCUT2D eigenvalue weighted by Gasteiger charge is 2.13. The standard InChI is InChI=1S/C17H16N2O/c1-2-12-4-5-14(10-13(12)3-1)16-7-6-15-11-18-8-9-20-17(15)19-16/h1,3-7,10,18H,2,8-9,11H2. The maximum atomic E-state index is 5.72. The van der Waals surface area contributed by atoms with Crippen LogP contribution in [0.3, 0.4) is 0 Å². The number of aromatic nitrogens is 1. The van der Waals surface area contributed by atoms with Crippen molar-refractivity contribution in [2.75, 3.05) is 13.2 Å². The molecule has 0 atom stereocenters. The average Bonchev–Trinajstić information content (AvgIpc) is 2.83. The summed E-state index contributed by atoms with van der Waals surface area (Å²) in [5.74, 6) is 0.767. The van der Waals surface area contributed by atoms with E-state index in [1.54, 1.807) is 0 Å². The summed E-state index contributed by atoms with van der Waals surface area (Å²) in [7, 11) is 0. The van der Waals surface area contributed by atoms with Crippen molar-refractivity contribution in [3.05, 3.63) is 53.1 Å². The molecule has 100 valence electrons. The fraction of sp³-hybridized carbons (Fsp3) is 0.235. The van der Waals surface area contributed by atoms with Crippen molar-refractivity contribution in [1.82, 2.24) is 10.3 Å². The zero-order chi connectivity index (χ0) is 13.4. The van der Waals surface area contributed by atoms with Gasteiger partial charge in [0.15, 0.2) is 0 Å². The first-order valence-corrected chi connectivity index (χ1v) is 7.03. The van der Waals surface area contributed by atoms with Crippen molar-refractivity contribution >= 4 is 6.08 Å². The maximum Gasteiger partial charge on any atom is 0.218 e. The molecular weight excluding hydrogens is 248 g/mol. The minimum atomic E-state index is 0.677. The van der Waals surface area contributed by atoms with Gasteiger partial charge in [-0.15, -0.1) is 0 Å². The predicted molar refractivity (Wildman–Crippen MR) is 79.6 cm³/mol. The smallest absolute Gasteiger partial charge is 0.218 e. The number of benzene rings is 1. The second kappa shape index (κ2) is 4.76.